The number of carbonyl (C=O) groups excluding carboxylic acids is 2. The summed E-state index contributed by atoms with van der Waals surface area (Å²) in [7, 11) is 3.16. The van der Waals surface area contributed by atoms with Gasteiger partial charge in [0.05, 0.1) is 6.33 Å². The van der Waals surface area contributed by atoms with Gasteiger partial charge in [-0.3, -0.25) is 9.59 Å². The molecule has 0 atom stereocenters. The number of hydrogen-bond acceptors (Lipinski definition) is 10. The second-order valence-corrected chi connectivity index (χ2v) is 11.5. The number of fused-ring (bicyclic) bond motifs is 1. The number of ether oxygens (including phenoxy) is 1. The maximum atomic E-state index is 12.6. The lowest BCUT2D eigenvalue weighted by molar-refractivity contribution is -0.120. The molecule has 0 fully saturated rings. The van der Waals surface area contributed by atoms with Gasteiger partial charge in [0.1, 0.15) is 17.1 Å². The normalized spacial score (nSPS) is 10.9. The summed E-state index contributed by atoms with van der Waals surface area (Å²) >= 11 is 0. The Hall–Kier alpha value is -4.62. The molecule has 3 aromatic heterocycles. The van der Waals surface area contributed by atoms with Crippen molar-refractivity contribution >= 4 is 50.5 Å². The van der Waals surface area contributed by atoms with E-state index < -0.39 is 0 Å². The van der Waals surface area contributed by atoms with E-state index in [1.54, 1.807) is 39.9 Å². The molecule has 2 aromatic carbocycles. The van der Waals surface area contributed by atoms with Crippen LogP contribution in [0.5, 0.6) is 5.88 Å². The molecule has 2 amide bonds. The molecule has 5 N–H and O–H groups in total. The molecule has 5 aromatic rings. The summed E-state index contributed by atoms with van der Waals surface area (Å²) in [5.41, 5.74) is 10.1. The average Bonchev–Trinajstić information content (AvgIpc) is 3.50. The molecular formula is C29H28N8O3S2. The zero-order valence-corrected chi connectivity index (χ0v) is 24.1. The molecule has 42 heavy (non-hydrogen) atoms. The number of imidazole rings is 1. The molecule has 0 spiro atoms. The van der Waals surface area contributed by atoms with Gasteiger partial charge in [-0.15, -0.1) is 0 Å². The molecule has 11 nitrogen and oxygen atoms in total. The van der Waals surface area contributed by atoms with Crippen molar-refractivity contribution in [2.24, 2.45) is 0 Å². The zero-order chi connectivity index (χ0) is 29.1. The maximum absolute atomic E-state index is 12.6. The SMILES string of the molecule is Nc1nc(OCc2ccc(CNC(=O)c3ccc(CNC(=O)CCSSc4ccccn4)cc3)cc2)c2[nH]cnc2n1. The van der Waals surface area contributed by atoms with Crippen molar-refractivity contribution in [1.82, 2.24) is 35.6 Å². The fraction of sp³-hybridized carbons (Fsp3) is 0.172. The van der Waals surface area contributed by atoms with Gasteiger partial charge < -0.3 is 26.1 Å². The van der Waals surface area contributed by atoms with Crippen LogP contribution in [0.2, 0.25) is 0 Å². The topological polar surface area (TPSA) is 161 Å². The molecule has 0 aliphatic carbocycles. The minimum Gasteiger partial charge on any atom is -0.471 e. The number of H-pyrrole nitrogens is 1. The molecule has 0 unspecified atom stereocenters. The predicted octanol–water partition coefficient (Wildman–Crippen LogP) is 4.29. The van der Waals surface area contributed by atoms with E-state index in [9.17, 15) is 9.59 Å². The lowest BCUT2D eigenvalue weighted by Gasteiger charge is -2.09. The standard InChI is InChI=1S/C29H28N8O3S2/c30-29-36-26-25(34-18-35-26)28(37-29)40-17-21-6-4-19(5-7-21)16-33-27(39)22-10-8-20(9-11-22)15-32-23(38)12-14-41-42-24-3-1-2-13-31-24/h1-11,13,18H,12,14-17H2,(H,32,38)(H,33,39)(H3,30,34,35,36,37). The van der Waals surface area contributed by atoms with E-state index in [-0.39, 0.29) is 24.4 Å². The highest BCUT2D eigenvalue weighted by Gasteiger charge is 2.11. The number of carbonyl (C=O) groups is 2. The summed E-state index contributed by atoms with van der Waals surface area (Å²) in [6.07, 6.45) is 3.68. The molecule has 0 saturated carbocycles. The van der Waals surface area contributed by atoms with E-state index in [2.05, 4.69) is 35.6 Å². The van der Waals surface area contributed by atoms with Gasteiger partial charge in [-0.05, 0) is 51.7 Å². The zero-order valence-electron chi connectivity index (χ0n) is 22.4. The average molecular weight is 601 g/mol. The summed E-state index contributed by atoms with van der Waals surface area (Å²) in [6.45, 7) is 1.08. The Morgan fingerprint density at radius 1 is 0.881 bits per heavy atom. The number of anilines is 1. The van der Waals surface area contributed by atoms with Gasteiger partial charge in [0.15, 0.2) is 5.65 Å². The lowest BCUT2D eigenvalue weighted by atomic mass is 10.1. The third-order valence-corrected chi connectivity index (χ3v) is 8.29. The largest absolute Gasteiger partial charge is 0.471 e. The predicted molar refractivity (Wildman–Crippen MR) is 163 cm³/mol. The third kappa shape index (κ3) is 8.21. The van der Waals surface area contributed by atoms with Crippen LogP contribution in [0.4, 0.5) is 5.95 Å². The Labute approximate surface area is 249 Å². The van der Waals surface area contributed by atoms with E-state index in [1.807, 2.05) is 54.6 Å². The number of rotatable bonds is 13. The quantitative estimate of drug-likeness (QED) is 0.113. The van der Waals surface area contributed by atoms with Crippen LogP contribution in [0.1, 0.15) is 33.5 Å². The third-order valence-electron chi connectivity index (χ3n) is 6.02. The Morgan fingerprint density at radius 2 is 1.62 bits per heavy atom. The van der Waals surface area contributed by atoms with E-state index >= 15 is 0 Å². The summed E-state index contributed by atoms with van der Waals surface area (Å²) in [4.78, 5) is 44.3. The van der Waals surface area contributed by atoms with E-state index in [0.717, 1.165) is 21.7 Å². The van der Waals surface area contributed by atoms with E-state index in [0.29, 0.717) is 47.9 Å². The molecular weight excluding hydrogens is 573 g/mol. The maximum Gasteiger partial charge on any atom is 0.251 e. The minimum absolute atomic E-state index is 0.0163. The first kappa shape index (κ1) is 28.9. The first-order valence-corrected chi connectivity index (χ1v) is 15.4. The van der Waals surface area contributed by atoms with Gasteiger partial charge in [0, 0.05) is 37.0 Å². The van der Waals surface area contributed by atoms with Crippen molar-refractivity contribution in [2.75, 3.05) is 11.5 Å². The van der Waals surface area contributed by atoms with Crippen molar-refractivity contribution in [3.05, 3.63) is 102 Å². The van der Waals surface area contributed by atoms with Gasteiger partial charge in [-0.1, -0.05) is 53.3 Å². The Balaban J connectivity index is 1.01. The summed E-state index contributed by atoms with van der Waals surface area (Å²) < 4.78 is 5.82. The number of aromatic nitrogens is 5. The minimum atomic E-state index is -0.176. The van der Waals surface area contributed by atoms with Gasteiger partial charge >= 0.3 is 0 Å². The number of nitrogens with two attached hydrogens (primary N) is 1. The molecule has 13 heteroatoms. The Kier molecular flexibility index (Phi) is 9.86. The molecule has 0 aliphatic rings. The number of aromatic amines is 1. The second-order valence-electron chi connectivity index (χ2n) is 9.07. The molecule has 0 saturated heterocycles. The fourth-order valence-electron chi connectivity index (χ4n) is 3.81. The van der Waals surface area contributed by atoms with Crippen molar-refractivity contribution < 1.29 is 14.3 Å². The van der Waals surface area contributed by atoms with Gasteiger partial charge in [-0.2, -0.15) is 9.97 Å². The fourth-order valence-corrected chi connectivity index (χ4v) is 5.68. The van der Waals surface area contributed by atoms with Crippen LogP contribution in [-0.2, 0) is 24.5 Å². The number of hydrogen-bond donors (Lipinski definition) is 4. The van der Waals surface area contributed by atoms with Crippen molar-refractivity contribution in [3.63, 3.8) is 0 Å². The van der Waals surface area contributed by atoms with E-state index in [1.165, 1.54) is 6.33 Å². The monoisotopic (exact) mass is 600 g/mol. The van der Waals surface area contributed by atoms with Crippen LogP contribution >= 0.6 is 21.6 Å². The van der Waals surface area contributed by atoms with Gasteiger partial charge in [0.2, 0.25) is 17.7 Å². The first-order chi connectivity index (χ1) is 20.5. The Morgan fingerprint density at radius 3 is 2.38 bits per heavy atom. The number of nitrogens with zero attached hydrogens (tertiary/aromatic N) is 4. The first-order valence-electron chi connectivity index (χ1n) is 13.0. The smallest absolute Gasteiger partial charge is 0.251 e. The molecule has 0 aliphatic heterocycles. The molecule has 0 bridgehead atoms. The molecule has 0 radical (unpaired) electrons. The highest BCUT2D eigenvalue weighted by molar-refractivity contribution is 8.76. The van der Waals surface area contributed by atoms with Crippen LogP contribution in [0.3, 0.4) is 0 Å². The van der Waals surface area contributed by atoms with Crippen LogP contribution in [-0.4, -0.2) is 42.5 Å². The number of nitrogen functional groups attached to an aromatic ring is 1. The second kappa shape index (κ2) is 14.3. The molecule has 5 rings (SSSR count). The van der Waals surface area contributed by atoms with Crippen LogP contribution in [0.15, 0.2) is 84.3 Å². The number of benzene rings is 2. The van der Waals surface area contributed by atoms with Gasteiger partial charge in [-0.25, -0.2) is 9.97 Å². The summed E-state index contributed by atoms with van der Waals surface area (Å²) in [5, 5.41) is 6.78. The molecule has 214 valence electrons. The highest BCUT2D eigenvalue weighted by atomic mass is 33.1. The highest BCUT2D eigenvalue weighted by Crippen LogP contribution is 2.29. The van der Waals surface area contributed by atoms with E-state index in [4.69, 9.17) is 10.5 Å². The van der Waals surface area contributed by atoms with Crippen LogP contribution < -0.4 is 21.1 Å². The van der Waals surface area contributed by atoms with Crippen LogP contribution in [0.25, 0.3) is 11.2 Å². The summed E-state index contributed by atoms with van der Waals surface area (Å²) in [6, 6.07) is 20.7. The Bertz CT molecular complexity index is 1630. The van der Waals surface area contributed by atoms with Gasteiger partial charge in [0.25, 0.3) is 5.91 Å². The lowest BCUT2D eigenvalue weighted by Crippen LogP contribution is -2.24. The summed E-state index contributed by atoms with van der Waals surface area (Å²) in [5.74, 6) is 0.930. The van der Waals surface area contributed by atoms with Crippen molar-refractivity contribution in [2.45, 2.75) is 31.1 Å². The number of amides is 2. The molecule has 3 heterocycles. The number of pyridine rings is 1. The van der Waals surface area contributed by atoms with Crippen LogP contribution in [0, 0.1) is 0 Å². The van der Waals surface area contributed by atoms with Crippen molar-refractivity contribution in [3.8, 4) is 5.88 Å². The number of nitrogens with one attached hydrogen (secondary N) is 3. The van der Waals surface area contributed by atoms with Crippen molar-refractivity contribution in [1.29, 1.82) is 0 Å².